The molecule has 1 fully saturated rings. The van der Waals surface area contributed by atoms with Crippen molar-refractivity contribution >= 4 is 23.4 Å². The molecule has 1 aromatic carbocycles. The molecule has 4 rings (SSSR count). The summed E-state index contributed by atoms with van der Waals surface area (Å²) in [5.41, 5.74) is 6.14. The Labute approximate surface area is 156 Å². The van der Waals surface area contributed by atoms with Crippen molar-refractivity contribution in [3.63, 3.8) is 0 Å². The van der Waals surface area contributed by atoms with Crippen molar-refractivity contribution in [3.05, 3.63) is 54.0 Å². The van der Waals surface area contributed by atoms with E-state index in [1.54, 1.807) is 17.2 Å². The molecule has 2 aliphatic rings. The van der Waals surface area contributed by atoms with E-state index < -0.39 is 11.3 Å². The van der Waals surface area contributed by atoms with Crippen LogP contribution in [-0.4, -0.2) is 42.3 Å². The molecule has 7 nitrogen and oxygen atoms in total. The number of amides is 3. The number of aryl methyl sites for hydroxylation is 1. The molecule has 2 aromatic rings. The molecular weight excluding hydrogens is 346 g/mol. The van der Waals surface area contributed by atoms with E-state index in [0.29, 0.717) is 38.0 Å². The predicted octanol–water partition coefficient (Wildman–Crippen LogP) is 1.21. The molecule has 0 unspecified atom stereocenters. The van der Waals surface area contributed by atoms with Gasteiger partial charge in [-0.05, 0) is 30.2 Å². The summed E-state index contributed by atoms with van der Waals surface area (Å²) in [5, 5.41) is 0. The van der Waals surface area contributed by atoms with Crippen molar-refractivity contribution in [1.82, 2.24) is 4.90 Å². The normalized spacial score (nSPS) is 21.1. The lowest BCUT2D eigenvalue weighted by atomic mass is 9.81. The Morgan fingerprint density at radius 3 is 2.74 bits per heavy atom. The number of rotatable bonds is 5. The van der Waals surface area contributed by atoms with Crippen LogP contribution < -0.4 is 10.6 Å². The van der Waals surface area contributed by atoms with E-state index >= 15 is 0 Å². The first-order chi connectivity index (χ1) is 13.0. The maximum Gasteiger partial charge on any atom is 0.240 e. The lowest BCUT2D eigenvalue weighted by Crippen LogP contribution is -2.45. The van der Waals surface area contributed by atoms with Crippen LogP contribution in [0.15, 0.2) is 47.1 Å². The van der Waals surface area contributed by atoms with E-state index in [-0.39, 0.29) is 18.4 Å². The van der Waals surface area contributed by atoms with Crippen LogP contribution in [0.2, 0.25) is 0 Å². The van der Waals surface area contributed by atoms with E-state index in [4.69, 9.17) is 10.2 Å². The third-order valence-electron chi connectivity index (χ3n) is 5.47. The first kappa shape index (κ1) is 17.3. The molecule has 3 amide bonds. The minimum atomic E-state index is -0.785. The molecule has 7 heteroatoms. The zero-order chi connectivity index (χ0) is 19.0. The van der Waals surface area contributed by atoms with Crippen LogP contribution in [0, 0.1) is 0 Å². The van der Waals surface area contributed by atoms with E-state index in [1.165, 1.54) is 4.90 Å². The summed E-state index contributed by atoms with van der Waals surface area (Å²) in [5.74, 6) is 0.0671. The molecule has 2 N–H and O–H groups in total. The molecule has 0 radical (unpaired) electrons. The van der Waals surface area contributed by atoms with Crippen molar-refractivity contribution in [1.29, 1.82) is 0 Å². The van der Waals surface area contributed by atoms with Gasteiger partial charge in [0.15, 0.2) is 0 Å². The molecule has 1 spiro atoms. The monoisotopic (exact) mass is 367 g/mol. The summed E-state index contributed by atoms with van der Waals surface area (Å²) in [6, 6.07) is 11.1. The Morgan fingerprint density at radius 1 is 1.19 bits per heavy atom. The van der Waals surface area contributed by atoms with Gasteiger partial charge in [0, 0.05) is 31.6 Å². The van der Waals surface area contributed by atoms with Crippen molar-refractivity contribution in [2.45, 2.75) is 24.7 Å². The highest BCUT2D eigenvalue weighted by molar-refractivity contribution is 6.11. The van der Waals surface area contributed by atoms with Gasteiger partial charge in [-0.15, -0.1) is 0 Å². The van der Waals surface area contributed by atoms with Gasteiger partial charge in [0.2, 0.25) is 17.7 Å². The van der Waals surface area contributed by atoms with Gasteiger partial charge in [0.25, 0.3) is 0 Å². The number of hydrogen-bond donors (Lipinski definition) is 1. The highest BCUT2D eigenvalue weighted by atomic mass is 16.3. The van der Waals surface area contributed by atoms with Crippen LogP contribution in [-0.2, 0) is 26.2 Å². The summed E-state index contributed by atoms with van der Waals surface area (Å²) in [4.78, 5) is 40.5. The molecule has 27 heavy (non-hydrogen) atoms. The summed E-state index contributed by atoms with van der Waals surface area (Å²) < 4.78 is 5.28. The minimum Gasteiger partial charge on any atom is -0.469 e. The van der Waals surface area contributed by atoms with E-state index in [1.807, 2.05) is 30.3 Å². The van der Waals surface area contributed by atoms with Crippen LogP contribution in [0.25, 0.3) is 0 Å². The number of carbonyl (C=O) groups is 3. The Bertz CT molecular complexity index is 892. The van der Waals surface area contributed by atoms with Gasteiger partial charge in [-0.1, -0.05) is 18.2 Å². The SMILES string of the molecule is NC(=O)CN1C(=O)[C@@]2(CCN(C(=O)CCc3ccco3)C2)c2ccccc21. The quantitative estimate of drug-likeness (QED) is 0.859. The largest absolute Gasteiger partial charge is 0.469 e. The second-order valence-electron chi connectivity index (χ2n) is 7.10. The Kier molecular flexibility index (Phi) is 4.22. The third-order valence-corrected chi connectivity index (χ3v) is 5.47. The van der Waals surface area contributed by atoms with Crippen molar-refractivity contribution in [2.24, 2.45) is 5.73 Å². The van der Waals surface area contributed by atoms with E-state index in [9.17, 15) is 14.4 Å². The summed E-state index contributed by atoms with van der Waals surface area (Å²) >= 11 is 0. The molecule has 0 bridgehead atoms. The predicted molar refractivity (Wildman–Crippen MR) is 97.9 cm³/mol. The molecule has 0 saturated carbocycles. The topological polar surface area (TPSA) is 96.9 Å². The summed E-state index contributed by atoms with van der Waals surface area (Å²) in [7, 11) is 0. The smallest absolute Gasteiger partial charge is 0.240 e. The fraction of sp³-hybridized carbons (Fsp3) is 0.350. The van der Waals surface area contributed by atoms with E-state index in [0.717, 1.165) is 11.3 Å². The second kappa shape index (κ2) is 6.57. The summed E-state index contributed by atoms with van der Waals surface area (Å²) in [6.45, 7) is 0.695. The second-order valence-corrected chi connectivity index (χ2v) is 7.10. The van der Waals surface area contributed by atoms with Crippen LogP contribution >= 0.6 is 0 Å². The van der Waals surface area contributed by atoms with Gasteiger partial charge in [-0.25, -0.2) is 0 Å². The minimum absolute atomic E-state index is 0.00177. The number of primary amides is 1. The first-order valence-corrected chi connectivity index (χ1v) is 9.01. The average molecular weight is 367 g/mol. The standard InChI is InChI=1S/C20H21N3O4/c21-17(24)12-23-16-6-2-1-5-15(16)20(19(23)26)9-10-22(13-20)18(25)8-7-14-4-3-11-27-14/h1-6,11H,7-10,12-13H2,(H2,21,24)/t20-/m1/s1. The molecule has 2 aliphatic heterocycles. The van der Waals surface area contributed by atoms with Crippen molar-refractivity contribution < 1.29 is 18.8 Å². The number of hydrogen-bond acceptors (Lipinski definition) is 4. The maximum absolute atomic E-state index is 13.2. The zero-order valence-corrected chi connectivity index (χ0v) is 14.9. The van der Waals surface area contributed by atoms with Gasteiger partial charge >= 0.3 is 0 Å². The average Bonchev–Trinajstić information content (AvgIpc) is 3.37. The molecule has 140 valence electrons. The number of benzene rings is 1. The van der Waals surface area contributed by atoms with Gasteiger partial charge in [0.1, 0.15) is 12.3 Å². The van der Waals surface area contributed by atoms with Gasteiger partial charge in [-0.3, -0.25) is 14.4 Å². The summed E-state index contributed by atoms with van der Waals surface area (Å²) in [6.07, 6.45) is 3.01. The highest BCUT2D eigenvalue weighted by Gasteiger charge is 2.55. The Morgan fingerprint density at radius 2 is 2.00 bits per heavy atom. The molecule has 3 heterocycles. The molecular formula is C20H21N3O4. The van der Waals surface area contributed by atoms with Crippen molar-refractivity contribution in [2.75, 3.05) is 24.5 Å². The lowest BCUT2D eigenvalue weighted by Gasteiger charge is -2.24. The zero-order valence-electron chi connectivity index (χ0n) is 14.9. The number of nitrogens with two attached hydrogens (primary N) is 1. The van der Waals surface area contributed by atoms with Crippen LogP contribution in [0.4, 0.5) is 5.69 Å². The fourth-order valence-electron chi connectivity index (χ4n) is 4.17. The van der Waals surface area contributed by atoms with Crippen LogP contribution in [0.1, 0.15) is 24.2 Å². The number of furan rings is 1. The Balaban J connectivity index is 1.54. The number of fused-ring (bicyclic) bond motifs is 2. The van der Waals surface area contributed by atoms with Gasteiger partial charge < -0.3 is 20.0 Å². The molecule has 0 aliphatic carbocycles. The lowest BCUT2D eigenvalue weighted by molar-refractivity contribution is -0.131. The first-order valence-electron chi connectivity index (χ1n) is 9.01. The molecule has 1 saturated heterocycles. The number of carbonyl (C=O) groups excluding carboxylic acids is 3. The number of nitrogens with zero attached hydrogens (tertiary/aromatic N) is 2. The molecule has 1 atom stereocenters. The van der Waals surface area contributed by atoms with Crippen LogP contribution in [0.5, 0.6) is 0 Å². The number of para-hydroxylation sites is 1. The maximum atomic E-state index is 13.2. The van der Waals surface area contributed by atoms with E-state index in [2.05, 4.69) is 0 Å². The number of likely N-dealkylation sites (tertiary alicyclic amines) is 1. The molecule has 1 aromatic heterocycles. The van der Waals surface area contributed by atoms with Crippen molar-refractivity contribution in [3.8, 4) is 0 Å². The fourth-order valence-corrected chi connectivity index (χ4v) is 4.17. The van der Waals surface area contributed by atoms with Gasteiger partial charge in [-0.2, -0.15) is 0 Å². The third kappa shape index (κ3) is 2.89. The Hall–Kier alpha value is -3.09. The van der Waals surface area contributed by atoms with Crippen LogP contribution in [0.3, 0.4) is 0 Å². The van der Waals surface area contributed by atoms with Gasteiger partial charge in [0.05, 0.1) is 11.7 Å². The number of anilines is 1. The highest BCUT2D eigenvalue weighted by Crippen LogP contribution is 2.47.